The number of nitro groups is 1. The Morgan fingerprint density at radius 2 is 2.35 bits per heavy atom. The van der Waals surface area contributed by atoms with Crippen molar-refractivity contribution < 1.29 is 14.8 Å². The lowest BCUT2D eigenvalue weighted by Gasteiger charge is -2.02. The van der Waals surface area contributed by atoms with Gasteiger partial charge in [-0.3, -0.25) is 10.1 Å². The second-order valence-corrected chi connectivity index (χ2v) is 4.10. The molecule has 1 heterocycles. The van der Waals surface area contributed by atoms with E-state index in [1.54, 1.807) is 24.3 Å². The van der Waals surface area contributed by atoms with Gasteiger partial charge in [0.1, 0.15) is 11.9 Å². The molecule has 17 heavy (non-hydrogen) atoms. The summed E-state index contributed by atoms with van der Waals surface area (Å²) in [5.41, 5.74) is 0.702. The van der Waals surface area contributed by atoms with Crippen LogP contribution >= 0.6 is 11.3 Å². The second-order valence-electron chi connectivity index (χ2n) is 3.13. The molecule has 0 aliphatic heterocycles. The summed E-state index contributed by atoms with van der Waals surface area (Å²) < 4.78 is 5.34. The Bertz CT molecular complexity index is 541. The quantitative estimate of drug-likeness (QED) is 0.666. The zero-order chi connectivity index (χ0) is 12.3. The van der Waals surface area contributed by atoms with Crippen LogP contribution in [0, 0.1) is 10.1 Å². The third-order valence-corrected chi connectivity index (χ3v) is 2.77. The van der Waals surface area contributed by atoms with Gasteiger partial charge in [0.05, 0.1) is 11.5 Å². The highest BCUT2D eigenvalue weighted by atomic mass is 32.1. The van der Waals surface area contributed by atoms with Crippen molar-refractivity contribution in [1.82, 2.24) is 4.98 Å². The molecule has 1 N–H and O–H groups in total. The van der Waals surface area contributed by atoms with Crippen LogP contribution in [0.25, 0.3) is 0 Å². The molecule has 0 aliphatic carbocycles. The maximum absolute atomic E-state index is 10.5. The lowest BCUT2D eigenvalue weighted by molar-refractivity contribution is -0.380. The SMILES string of the molecule is O=[N+]([O-])c1cnc(Oc2cccc(CO)c2)s1. The smallest absolute Gasteiger partial charge is 0.347 e. The van der Waals surface area contributed by atoms with E-state index < -0.39 is 4.92 Å². The number of aliphatic hydroxyl groups is 1. The highest BCUT2D eigenvalue weighted by Gasteiger charge is 2.12. The molecule has 7 heteroatoms. The van der Waals surface area contributed by atoms with E-state index in [2.05, 4.69) is 4.98 Å². The molecule has 0 bridgehead atoms. The Balaban J connectivity index is 2.16. The Kier molecular flexibility index (Phi) is 3.31. The topological polar surface area (TPSA) is 85.5 Å². The number of aromatic nitrogens is 1. The van der Waals surface area contributed by atoms with E-state index >= 15 is 0 Å². The van der Waals surface area contributed by atoms with Gasteiger partial charge in [-0.15, -0.1) is 0 Å². The minimum absolute atomic E-state index is 0.0710. The molecule has 0 saturated carbocycles. The van der Waals surface area contributed by atoms with Gasteiger partial charge >= 0.3 is 5.00 Å². The van der Waals surface area contributed by atoms with Gasteiger partial charge in [-0.25, -0.2) is 4.98 Å². The first-order chi connectivity index (χ1) is 8.19. The predicted octanol–water partition coefficient (Wildman–Crippen LogP) is 2.34. The van der Waals surface area contributed by atoms with Crippen molar-refractivity contribution in [2.45, 2.75) is 6.61 Å². The molecule has 0 radical (unpaired) electrons. The first-order valence-corrected chi connectivity index (χ1v) is 5.48. The molecule has 0 unspecified atom stereocenters. The van der Waals surface area contributed by atoms with Crippen molar-refractivity contribution in [3.05, 3.63) is 46.1 Å². The van der Waals surface area contributed by atoms with Crippen LogP contribution in [0.3, 0.4) is 0 Å². The highest BCUT2D eigenvalue weighted by Crippen LogP contribution is 2.30. The molecule has 0 saturated heterocycles. The molecule has 2 rings (SSSR count). The standard InChI is InChI=1S/C10H8N2O4S/c13-6-7-2-1-3-8(4-7)16-10-11-5-9(17-10)12(14)15/h1-5,13H,6H2. The van der Waals surface area contributed by atoms with E-state index in [-0.39, 0.29) is 16.8 Å². The lowest BCUT2D eigenvalue weighted by Crippen LogP contribution is -1.86. The first kappa shape index (κ1) is 11.5. The fourth-order valence-electron chi connectivity index (χ4n) is 1.19. The van der Waals surface area contributed by atoms with E-state index in [1.807, 2.05) is 0 Å². The summed E-state index contributed by atoms with van der Waals surface area (Å²) in [5, 5.41) is 19.5. The normalized spacial score (nSPS) is 10.2. The zero-order valence-electron chi connectivity index (χ0n) is 8.57. The third kappa shape index (κ3) is 2.77. The minimum atomic E-state index is -0.519. The van der Waals surface area contributed by atoms with E-state index in [1.165, 1.54) is 0 Å². The Labute approximate surface area is 100 Å². The van der Waals surface area contributed by atoms with Crippen molar-refractivity contribution in [3.63, 3.8) is 0 Å². The van der Waals surface area contributed by atoms with E-state index in [0.717, 1.165) is 17.5 Å². The maximum atomic E-state index is 10.5. The number of hydrogen-bond donors (Lipinski definition) is 1. The number of nitrogens with zero attached hydrogens (tertiary/aromatic N) is 2. The van der Waals surface area contributed by atoms with Gasteiger partial charge in [0.25, 0.3) is 5.19 Å². The molecule has 2 aromatic rings. The average Bonchev–Trinajstić information content (AvgIpc) is 2.78. The largest absolute Gasteiger partial charge is 0.431 e. The van der Waals surface area contributed by atoms with Crippen LogP contribution in [0.15, 0.2) is 30.5 Å². The van der Waals surface area contributed by atoms with Gasteiger partial charge in [0.2, 0.25) is 0 Å². The molecular formula is C10H8N2O4S. The van der Waals surface area contributed by atoms with Gasteiger partial charge in [0.15, 0.2) is 0 Å². The second kappa shape index (κ2) is 4.89. The number of thiazole rings is 1. The van der Waals surface area contributed by atoms with Crippen molar-refractivity contribution in [2.75, 3.05) is 0 Å². The van der Waals surface area contributed by atoms with Crippen LogP contribution in [-0.4, -0.2) is 15.0 Å². The number of aliphatic hydroxyl groups excluding tert-OH is 1. The number of ether oxygens (including phenoxy) is 1. The van der Waals surface area contributed by atoms with Gasteiger partial charge < -0.3 is 9.84 Å². The van der Waals surface area contributed by atoms with Gasteiger partial charge in [0, 0.05) is 0 Å². The number of rotatable bonds is 4. The molecule has 0 fully saturated rings. The van der Waals surface area contributed by atoms with Crippen LogP contribution in [0.2, 0.25) is 0 Å². The van der Waals surface area contributed by atoms with Gasteiger partial charge in [-0.2, -0.15) is 0 Å². The Hall–Kier alpha value is -1.99. The Morgan fingerprint density at radius 3 is 3.00 bits per heavy atom. The molecule has 0 amide bonds. The molecular weight excluding hydrogens is 244 g/mol. The molecule has 1 aromatic heterocycles. The lowest BCUT2D eigenvalue weighted by atomic mass is 10.2. The van der Waals surface area contributed by atoms with Crippen molar-refractivity contribution in [3.8, 4) is 10.9 Å². The zero-order valence-corrected chi connectivity index (χ0v) is 9.38. The van der Waals surface area contributed by atoms with Crippen molar-refractivity contribution >= 4 is 16.3 Å². The third-order valence-electron chi connectivity index (χ3n) is 1.94. The van der Waals surface area contributed by atoms with Crippen LogP contribution in [0.5, 0.6) is 10.9 Å². The van der Waals surface area contributed by atoms with Gasteiger partial charge in [-0.05, 0) is 29.0 Å². The number of hydrogen-bond acceptors (Lipinski definition) is 6. The summed E-state index contributed by atoms with van der Waals surface area (Å²) in [7, 11) is 0. The van der Waals surface area contributed by atoms with Crippen LogP contribution in [0.1, 0.15) is 5.56 Å². The van der Waals surface area contributed by atoms with Crippen molar-refractivity contribution in [2.24, 2.45) is 0 Å². The monoisotopic (exact) mass is 252 g/mol. The molecule has 1 aromatic carbocycles. The van der Waals surface area contributed by atoms with Crippen LogP contribution in [-0.2, 0) is 6.61 Å². The Morgan fingerprint density at radius 1 is 1.53 bits per heavy atom. The molecule has 0 atom stereocenters. The summed E-state index contributed by atoms with van der Waals surface area (Å²) in [5.74, 6) is 0.487. The maximum Gasteiger partial charge on any atom is 0.347 e. The summed E-state index contributed by atoms with van der Waals surface area (Å²) >= 11 is 0.854. The van der Waals surface area contributed by atoms with E-state index in [4.69, 9.17) is 9.84 Å². The summed E-state index contributed by atoms with van der Waals surface area (Å²) in [6.07, 6.45) is 1.15. The number of benzene rings is 1. The highest BCUT2D eigenvalue weighted by molar-refractivity contribution is 7.16. The summed E-state index contributed by atoms with van der Waals surface area (Å²) in [4.78, 5) is 13.7. The minimum Gasteiger partial charge on any atom is -0.431 e. The van der Waals surface area contributed by atoms with Crippen LogP contribution in [0.4, 0.5) is 5.00 Å². The fraction of sp³-hybridized carbons (Fsp3) is 0.100. The predicted molar refractivity (Wildman–Crippen MR) is 61.2 cm³/mol. The summed E-state index contributed by atoms with van der Waals surface area (Å²) in [6, 6.07) is 6.81. The summed E-state index contributed by atoms with van der Waals surface area (Å²) in [6.45, 7) is -0.0881. The van der Waals surface area contributed by atoms with E-state index in [0.29, 0.717) is 11.3 Å². The molecule has 0 aliphatic rings. The first-order valence-electron chi connectivity index (χ1n) is 4.67. The molecule has 88 valence electrons. The van der Waals surface area contributed by atoms with Crippen LogP contribution < -0.4 is 4.74 Å². The average molecular weight is 252 g/mol. The van der Waals surface area contributed by atoms with Gasteiger partial charge in [-0.1, -0.05) is 12.1 Å². The van der Waals surface area contributed by atoms with E-state index in [9.17, 15) is 10.1 Å². The fourth-order valence-corrected chi connectivity index (χ4v) is 1.79. The molecule has 0 spiro atoms. The van der Waals surface area contributed by atoms with Crippen molar-refractivity contribution in [1.29, 1.82) is 0 Å². The molecule has 6 nitrogen and oxygen atoms in total.